The second-order valence-corrected chi connectivity index (χ2v) is 6.30. The third-order valence-corrected chi connectivity index (χ3v) is 4.22. The number of carbonyl (C=O) groups excluding carboxylic acids is 1. The van der Waals surface area contributed by atoms with Crippen LogP contribution in [0.4, 0.5) is 11.5 Å². The fraction of sp³-hybridized carbons (Fsp3) is 0.0909. The summed E-state index contributed by atoms with van der Waals surface area (Å²) in [4.78, 5) is 23.9. The first kappa shape index (κ1) is 18.2. The minimum absolute atomic E-state index is 0.0766. The summed E-state index contributed by atoms with van der Waals surface area (Å²) in [7, 11) is 0. The van der Waals surface area contributed by atoms with Gasteiger partial charge in [-0.3, -0.25) is 4.79 Å². The van der Waals surface area contributed by atoms with Gasteiger partial charge in [0, 0.05) is 11.3 Å². The molecule has 2 heterocycles. The summed E-state index contributed by atoms with van der Waals surface area (Å²) >= 11 is 0. The van der Waals surface area contributed by atoms with Gasteiger partial charge in [0.05, 0.1) is 0 Å². The van der Waals surface area contributed by atoms with Crippen molar-refractivity contribution in [3.8, 4) is 17.2 Å². The largest absolute Gasteiger partial charge is 0.483 e. The maximum absolute atomic E-state index is 12.1. The maximum Gasteiger partial charge on any atom is 0.292 e. The second-order valence-electron chi connectivity index (χ2n) is 6.30. The zero-order valence-corrected chi connectivity index (χ0v) is 15.5. The number of ether oxygens (including phenoxy) is 1. The first-order chi connectivity index (χ1) is 14.1. The molecule has 0 saturated carbocycles. The molecule has 2 aromatic heterocycles. The number of hydrogen-bond acceptors (Lipinski definition) is 5. The summed E-state index contributed by atoms with van der Waals surface area (Å²) in [6.45, 7) is 8.87. The predicted molar refractivity (Wildman–Crippen MR) is 109 cm³/mol. The van der Waals surface area contributed by atoms with Crippen molar-refractivity contribution in [1.29, 1.82) is 0 Å². The van der Waals surface area contributed by atoms with Crippen LogP contribution in [0.15, 0.2) is 65.1 Å². The van der Waals surface area contributed by atoms with Crippen molar-refractivity contribution in [2.45, 2.75) is 6.92 Å². The van der Waals surface area contributed by atoms with Gasteiger partial charge in [0.15, 0.2) is 12.2 Å². The van der Waals surface area contributed by atoms with Crippen LogP contribution in [-0.4, -0.2) is 22.5 Å². The summed E-state index contributed by atoms with van der Waals surface area (Å²) < 4.78 is 11.2. The van der Waals surface area contributed by atoms with Crippen molar-refractivity contribution in [2.75, 3.05) is 11.9 Å². The average molecular weight is 384 g/mol. The summed E-state index contributed by atoms with van der Waals surface area (Å²) in [6.07, 6.45) is 0. The van der Waals surface area contributed by atoms with Gasteiger partial charge in [-0.05, 0) is 55.0 Å². The van der Waals surface area contributed by atoms with E-state index in [1.807, 2.05) is 31.2 Å². The maximum atomic E-state index is 12.1. The Balaban J connectivity index is 1.42. The molecule has 0 aliphatic heterocycles. The van der Waals surface area contributed by atoms with Crippen LogP contribution in [0, 0.1) is 13.5 Å². The number of aryl methyl sites for hydroxylation is 1. The number of carbonyl (C=O) groups is 1. The molecule has 7 heteroatoms. The number of aromatic nitrogens is 2. The highest BCUT2D eigenvalue weighted by atomic mass is 16.5. The van der Waals surface area contributed by atoms with E-state index in [1.54, 1.807) is 36.4 Å². The van der Waals surface area contributed by atoms with Gasteiger partial charge in [0.1, 0.15) is 5.75 Å². The molecule has 0 spiro atoms. The Labute approximate surface area is 166 Å². The van der Waals surface area contributed by atoms with Crippen LogP contribution in [0.1, 0.15) is 5.56 Å². The van der Waals surface area contributed by atoms with Crippen LogP contribution in [0.5, 0.6) is 5.75 Å². The number of fused-ring (bicyclic) bond motifs is 1. The van der Waals surface area contributed by atoms with Gasteiger partial charge >= 0.3 is 0 Å². The molecular weight excluding hydrogens is 368 g/mol. The minimum Gasteiger partial charge on any atom is -0.483 e. The third-order valence-electron chi connectivity index (χ3n) is 4.22. The number of para-hydroxylation sites is 1. The lowest BCUT2D eigenvalue weighted by Gasteiger charge is -2.09. The quantitative estimate of drug-likeness (QED) is 0.502. The van der Waals surface area contributed by atoms with Crippen molar-refractivity contribution >= 4 is 28.6 Å². The van der Waals surface area contributed by atoms with Crippen LogP contribution in [0.25, 0.3) is 27.5 Å². The molecule has 0 aliphatic carbocycles. The lowest BCUT2D eigenvalue weighted by Crippen LogP contribution is -2.20. The van der Waals surface area contributed by atoms with Gasteiger partial charge in [-0.1, -0.05) is 29.8 Å². The molecule has 4 rings (SSSR count). The van der Waals surface area contributed by atoms with E-state index in [1.165, 1.54) is 0 Å². The molecule has 0 aliphatic rings. The van der Waals surface area contributed by atoms with Gasteiger partial charge in [-0.2, -0.15) is 4.98 Å². The minimum atomic E-state index is -0.251. The first-order valence-corrected chi connectivity index (χ1v) is 8.86. The van der Waals surface area contributed by atoms with E-state index in [4.69, 9.17) is 15.7 Å². The average Bonchev–Trinajstić information content (AvgIpc) is 3.17. The molecule has 1 amide bonds. The fourth-order valence-electron chi connectivity index (χ4n) is 2.75. The third kappa shape index (κ3) is 4.06. The molecule has 0 fully saturated rings. The monoisotopic (exact) mass is 384 g/mol. The molecule has 0 atom stereocenters. The second kappa shape index (κ2) is 7.82. The van der Waals surface area contributed by atoms with E-state index in [9.17, 15) is 4.79 Å². The topological polar surface area (TPSA) is 81.6 Å². The number of benzene rings is 2. The number of oxazole rings is 1. The van der Waals surface area contributed by atoms with Crippen molar-refractivity contribution in [2.24, 2.45) is 0 Å². The molecule has 0 saturated heterocycles. The number of nitrogens with one attached hydrogen (secondary N) is 1. The molecule has 0 unspecified atom stereocenters. The lowest BCUT2D eigenvalue weighted by atomic mass is 10.2. The standard InChI is InChI=1S/C22H16N4O3/c1-14-5-3-4-6-17(14)28-13-20(27)24-16-9-7-15(8-10-16)22-26-21-18(29-22)11-12-19(23-2)25-21/h3-12H,13H2,1H3,(H,24,27). The Bertz CT molecular complexity index is 1220. The van der Waals surface area contributed by atoms with Gasteiger partial charge in [-0.25, -0.2) is 0 Å². The number of pyridine rings is 1. The lowest BCUT2D eigenvalue weighted by molar-refractivity contribution is -0.118. The Kier molecular flexibility index (Phi) is 4.91. The van der Waals surface area contributed by atoms with Gasteiger partial charge < -0.3 is 19.3 Å². The zero-order valence-electron chi connectivity index (χ0n) is 15.5. The van der Waals surface area contributed by atoms with Gasteiger partial charge in [0.2, 0.25) is 5.89 Å². The summed E-state index contributed by atoms with van der Waals surface area (Å²) in [6, 6.07) is 17.9. The highest BCUT2D eigenvalue weighted by Gasteiger charge is 2.13. The van der Waals surface area contributed by atoms with Crippen molar-refractivity contribution in [3.05, 3.63) is 77.6 Å². The molecule has 0 radical (unpaired) electrons. The van der Waals surface area contributed by atoms with Crippen LogP contribution in [-0.2, 0) is 4.79 Å². The molecule has 142 valence electrons. The highest BCUT2D eigenvalue weighted by molar-refractivity contribution is 5.92. The molecule has 2 aromatic carbocycles. The van der Waals surface area contributed by atoms with Crippen LogP contribution in [0.3, 0.4) is 0 Å². The molecule has 1 N–H and O–H groups in total. The first-order valence-electron chi connectivity index (χ1n) is 8.86. The predicted octanol–water partition coefficient (Wildman–Crippen LogP) is 4.77. The number of nitrogens with zero attached hydrogens (tertiary/aromatic N) is 3. The van der Waals surface area contributed by atoms with Crippen molar-refractivity contribution in [3.63, 3.8) is 0 Å². The Hall–Kier alpha value is -4.18. The summed E-state index contributed by atoms with van der Waals surface area (Å²) in [5.74, 6) is 1.10. The van der Waals surface area contributed by atoms with Gasteiger partial charge in [0.25, 0.3) is 17.4 Å². The number of rotatable bonds is 5. The normalized spacial score (nSPS) is 10.5. The number of amides is 1. The van der Waals surface area contributed by atoms with E-state index in [0.717, 1.165) is 11.1 Å². The van der Waals surface area contributed by atoms with Gasteiger partial charge in [-0.15, -0.1) is 0 Å². The van der Waals surface area contributed by atoms with Crippen LogP contribution in [0.2, 0.25) is 0 Å². The summed E-state index contributed by atoms with van der Waals surface area (Å²) in [5.41, 5.74) is 3.25. The van der Waals surface area contributed by atoms with Crippen molar-refractivity contribution < 1.29 is 13.9 Å². The van der Waals surface area contributed by atoms with Crippen LogP contribution >= 0.6 is 0 Å². The van der Waals surface area contributed by atoms with Crippen LogP contribution < -0.4 is 10.1 Å². The van der Waals surface area contributed by atoms with E-state index >= 15 is 0 Å². The van der Waals surface area contributed by atoms with Crippen molar-refractivity contribution in [1.82, 2.24) is 9.97 Å². The smallest absolute Gasteiger partial charge is 0.292 e. The van der Waals surface area contributed by atoms with E-state index < -0.39 is 0 Å². The fourth-order valence-corrected chi connectivity index (χ4v) is 2.75. The summed E-state index contributed by atoms with van der Waals surface area (Å²) in [5, 5.41) is 2.79. The molecule has 7 nitrogen and oxygen atoms in total. The molecule has 4 aromatic rings. The molecule has 29 heavy (non-hydrogen) atoms. The molecular formula is C22H16N4O3. The Morgan fingerprint density at radius 2 is 1.90 bits per heavy atom. The van der Waals surface area contributed by atoms with E-state index in [2.05, 4.69) is 20.1 Å². The number of anilines is 1. The molecule has 0 bridgehead atoms. The Morgan fingerprint density at radius 1 is 1.10 bits per heavy atom. The number of hydrogen-bond donors (Lipinski definition) is 1. The zero-order chi connectivity index (χ0) is 20.2. The SMILES string of the molecule is [C-]#[N+]c1ccc2oc(-c3ccc(NC(=O)COc4ccccc4C)cc3)nc2n1. The van der Waals surface area contributed by atoms with E-state index in [0.29, 0.717) is 28.6 Å². The van der Waals surface area contributed by atoms with E-state index in [-0.39, 0.29) is 18.3 Å². The Morgan fingerprint density at radius 3 is 2.66 bits per heavy atom. The highest BCUT2D eigenvalue weighted by Crippen LogP contribution is 2.26.